The quantitative estimate of drug-likeness (QED) is 0.313. The standard InChI is InChI=1S/C24H20ClNO3S/c1-13-7-8-18(11-15(13)3)26-20(23-14(2)9-10-30-23)19(22(28)24(26)29)21(27)16-5-4-6-17(25)12-16/h4-12,20,27H,1-3H3/b21-19-. The van der Waals surface area contributed by atoms with Crippen molar-refractivity contribution in [3.8, 4) is 0 Å². The fourth-order valence-corrected chi connectivity index (χ4v) is 4.89. The molecule has 0 aliphatic carbocycles. The van der Waals surface area contributed by atoms with Gasteiger partial charge in [-0.15, -0.1) is 11.3 Å². The van der Waals surface area contributed by atoms with E-state index in [-0.39, 0.29) is 11.3 Å². The number of aliphatic hydroxyl groups excluding tert-OH is 1. The van der Waals surface area contributed by atoms with Gasteiger partial charge in [0.05, 0.1) is 5.57 Å². The molecule has 1 aliphatic rings. The maximum Gasteiger partial charge on any atom is 0.300 e. The first-order chi connectivity index (χ1) is 14.3. The summed E-state index contributed by atoms with van der Waals surface area (Å²) < 4.78 is 0. The van der Waals surface area contributed by atoms with Crippen LogP contribution >= 0.6 is 22.9 Å². The van der Waals surface area contributed by atoms with Crippen LogP contribution in [0.1, 0.15) is 33.2 Å². The molecule has 1 aliphatic heterocycles. The number of hydrogen-bond donors (Lipinski definition) is 1. The molecule has 1 aromatic heterocycles. The monoisotopic (exact) mass is 437 g/mol. The summed E-state index contributed by atoms with van der Waals surface area (Å²) in [5, 5.41) is 13.4. The number of Topliss-reactive ketones (excluding diaryl/α,β-unsaturated/α-hetero) is 1. The lowest BCUT2D eigenvalue weighted by molar-refractivity contribution is -0.132. The van der Waals surface area contributed by atoms with Gasteiger partial charge in [0.2, 0.25) is 0 Å². The van der Waals surface area contributed by atoms with Gasteiger partial charge in [-0.3, -0.25) is 14.5 Å². The molecule has 1 fully saturated rings. The lowest BCUT2D eigenvalue weighted by atomic mass is 9.98. The normalized spacial score (nSPS) is 18.3. The maximum absolute atomic E-state index is 13.1. The molecule has 6 heteroatoms. The van der Waals surface area contributed by atoms with Crippen LogP contribution in [0.3, 0.4) is 0 Å². The third-order valence-corrected chi connectivity index (χ3v) is 6.77. The molecule has 1 amide bonds. The second-order valence-corrected chi connectivity index (χ2v) is 8.80. The van der Waals surface area contributed by atoms with Gasteiger partial charge in [0.15, 0.2) is 0 Å². The van der Waals surface area contributed by atoms with E-state index in [1.165, 1.54) is 16.2 Å². The van der Waals surface area contributed by atoms with Gasteiger partial charge in [0, 0.05) is 21.2 Å². The van der Waals surface area contributed by atoms with Crippen LogP contribution in [0.5, 0.6) is 0 Å². The topological polar surface area (TPSA) is 57.6 Å². The van der Waals surface area contributed by atoms with Crippen LogP contribution in [0.4, 0.5) is 5.69 Å². The fourth-order valence-electron chi connectivity index (χ4n) is 3.68. The Hall–Kier alpha value is -2.89. The number of benzene rings is 2. The summed E-state index contributed by atoms with van der Waals surface area (Å²) in [4.78, 5) is 28.6. The van der Waals surface area contributed by atoms with Gasteiger partial charge in [-0.1, -0.05) is 29.8 Å². The van der Waals surface area contributed by atoms with E-state index in [1.807, 2.05) is 50.4 Å². The Morgan fingerprint density at radius 2 is 1.77 bits per heavy atom. The van der Waals surface area contributed by atoms with E-state index in [2.05, 4.69) is 0 Å². The molecule has 0 bridgehead atoms. The van der Waals surface area contributed by atoms with E-state index in [4.69, 9.17) is 11.6 Å². The third kappa shape index (κ3) is 3.34. The first-order valence-electron chi connectivity index (χ1n) is 9.47. The lowest BCUT2D eigenvalue weighted by Gasteiger charge is -2.25. The number of hydrogen-bond acceptors (Lipinski definition) is 4. The van der Waals surface area contributed by atoms with Crippen LogP contribution in [0.25, 0.3) is 5.76 Å². The lowest BCUT2D eigenvalue weighted by Crippen LogP contribution is -2.29. The van der Waals surface area contributed by atoms with Crippen molar-refractivity contribution in [3.63, 3.8) is 0 Å². The van der Waals surface area contributed by atoms with Gasteiger partial charge in [-0.2, -0.15) is 0 Å². The number of aliphatic hydroxyl groups is 1. The average Bonchev–Trinajstić information content (AvgIpc) is 3.24. The Balaban J connectivity index is 1.97. The van der Waals surface area contributed by atoms with Crippen molar-refractivity contribution in [1.82, 2.24) is 0 Å². The molecule has 3 aromatic rings. The van der Waals surface area contributed by atoms with E-state index in [9.17, 15) is 14.7 Å². The first kappa shape index (κ1) is 20.4. The number of halogens is 1. The summed E-state index contributed by atoms with van der Waals surface area (Å²) in [6.45, 7) is 5.89. The van der Waals surface area contributed by atoms with Crippen LogP contribution in [-0.4, -0.2) is 16.8 Å². The van der Waals surface area contributed by atoms with Gasteiger partial charge in [0.25, 0.3) is 11.7 Å². The minimum atomic E-state index is -0.705. The van der Waals surface area contributed by atoms with Crippen LogP contribution < -0.4 is 4.90 Å². The Morgan fingerprint density at radius 1 is 1.00 bits per heavy atom. The second-order valence-electron chi connectivity index (χ2n) is 7.42. The summed E-state index contributed by atoms with van der Waals surface area (Å²) in [5.74, 6) is -1.58. The molecule has 1 atom stereocenters. The molecular formula is C24H20ClNO3S. The van der Waals surface area contributed by atoms with Crippen LogP contribution in [0.15, 0.2) is 59.5 Å². The molecule has 30 heavy (non-hydrogen) atoms. The molecule has 152 valence electrons. The number of thiophene rings is 1. The third-order valence-electron chi connectivity index (χ3n) is 5.46. The molecule has 4 rings (SSSR count). The zero-order valence-corrected chi connectivity index (χ0v) is 18.3. The molecule has 2 aromatic carbocycles. The number of aryl methyl sites for hydroxylation is 3. The SMILES string of the molecule is Cc1ccc(N2C(=O)C(=O)/C(=C(\O)c3cccc(Cl)c3)C2c2sccc2C)cc1C. The number of rotatable bonds is 3. The van der Waals surface area contributed by atoms with E-state index >= 15 is 0 Å². The molecule has 4 nitrogen and oxygen atoms in total. The van der Waals surface area contributed by atoms with Gasteiger partial charge >= 0.3 is 0 Å². The zero-order valence-electron chi connectivity index (χ0n) is 16.8. The van der Waals surface area contributed by atoms with Gasteiger partial charge in [0.1, 0.15) is 11.8 Å². The minimum absolute atomic E-state index is 0.0750. The van der Waals surface area contributed by atoms with Crippen molar-refractivity contribution in [2.24, 2.45) is 0 Å². The largest absolute Gasteiger partial charge is 0.507 e. The summed E-state index contributed by atoms with van der Waals surface area (Å²) in [7, 11) is 0. The number of carbonyl (C=O) groups is 2. The van der Waals surface area contributed by atoms with E-state index in [1.54, 1.807) is 24.3 Å². The summed E-state index contributed by atoms with van der Waals surface area (Å²) in [6, 6.07) is 13.5. The smallest absolute Gasteiger partial charge is 0.300 e. The van der Waals surface area contributed by atoms with Crippen LogP contribution in [0.2, 0.25) is 5.02 Å². The second kappa shape index (κ2) is 7.74. The van der Waals surface area contributed by atoms with Crippen molar-refractivity contribution in [1.29, 1.82) is 0 Å². The molecule has 0 saturated carbocycles. The molecule has 0 spiro atoms. The number of anilines is 1. The Bertz CT molecular complexity index is 1210. The number of amides is 1. The first-order valence-corrected chi connectivity index (χ1v) is 10.7. The van der Waals surface area contributed by atoms with Crippen LogP contribution in [0, 0.1) is 20.8 Å². The highest BCUT2D eigenvalue weighted by Crippen LogP contribution is 2.45. The molecule has 1 N–H and O–H groups in total. The molecule has 0 radical (unpaired) electrons. The summed E-state index contributed by atoms with van der Waals surface area (Å²) in [5.41, 5.74) is 4.18. The Morgan fingerprint density at radius 3 is 2.40 bits per heavy atom. The Labute approximate surface area is 184 Å². The predicted octanol–water partition coefficient (Wildman–Crippen LogP) is 5.95. The Kier molecular flexibility index (Phi) is 5.26. The van der Waals surface area contributed by atoms with Crippen molar-refractivity contribution in [3.05, 3.63) is 91.6 Å². The molecule has 2 heterocycles. The highest BCUT2D eigenvalue weighted by atomic mass is 35.5. The van der Waals surface area contributed by atoms with Gasteiger partial charge in [-0.05, 0) is 73.2 Å². The highest BCUT2D eigenvalue weighted by Gasteiger charge is 2.48. The average molecular weight is 438 g/mol. The number of carbonyl (C=O) groups excluding carboxylic acids is 2. The molecular weight excluding hydrogens is 418 g/mol. The van der Waals surface area contributed by atoms with Crippen molar-refractivity contribution in [2.45, 2.75) is 26.8 Å². The van der Waals surface area contributed by atoms with Crippen LogP contribution in [-0.2, 0) is 9.59 Å². The van der Waals surface area contributed by atoms with Gasteiger partial charge < -0.3 is 5.11 Å². The van der Waals surface area contributed by atoms with E-state index < -0.39 is 17.7 Å². The van der Waals surface area contributed by atoms with Crippen molar-refractivity contribution in [2.75, 3.05) is 4.90 Å². The predicted molar refractivity (Wildman–Crippen MR) is 121 cm³/mol. The summed E-state index contributed by atoms with van der Waals surface area (Å²) >= 11 is 7.54. The van der Waals surface area contributed by atoms with Crippen molar-refractivity contribution >= 4 is 46.1 Å². The van der Waals surface area contributed by atoms with Gasteiger partial charge in [-0.25, -0.2) is 0 Å². The fraction of sp³-hybridized carbons (Fsp3) is 0.167. The summed E-state index contributed by atoms with van der Waals surface area (Å²) in [6.07, 6.45) is 0. The highest BCUT2D eigenvalue weighted by molar-refractivity contribution is 7.10. The van der Waals surface area contributed by atoms with Crippen molar-refractivity contribution < 1.29 is 14.7 Å². The number of nitrogens with zero attached hydrogens (tertiary/aromatic N) is 1. The van der Waals surface area contributed by atoms with E-state index in [0.29, 0.717) is 16.3 Å². The molecule has 1 saturated heterocycles. The number of ketones is 1. The van der Waals surface area contributed by atoms with E-state index in [0.717, 1.165) is 21.6 Å². The molecule has 1 unspecified atom stereocenters. The zero-order chi connectivity index (χ0) is 21.6. The minimum Gasteiger partial charge on any atom is -0.507 e. The maximum atomic E-state index is 13.1.